The van der Waals surface area contributed by atoms with Crippen LogP contribution >= 0.6 is 35.0 Å². The number of halogens is 2. The number of ether oxygens (including phenoxy) is 1. The van der Waals surface area contributed by atoms with Crippen molar-refractivity contribution in [3.8, 4) is 5.75 Å². The summed E-state index contributed by atoms with van der Waals surface area (Å²) in [5.74, 6) is 1.31. The van der Waals surface area contributed by atoms with Crippen LogP contribution in [-0.2, 0) is 18.4 Å². The summed E-state index contributed by atoms with van der Waals surface area (Å²) >= 11 is 13.3. The van der Waals surface area contributed by atoms with E-state index < -0.39 is 0 Å². The van der Waals surface area contributed by atoms with Crippen molar-refractivity contribution in [2.24, 2.45) is 7.05 Å². The van der Waals surface area contributed by atoms with E-state index in [2.05, 4.69) is 15.5 Å². The lowest BCUT2D eigenvalue weighted by Gasteiger charge is -2.14. The molecule has 1 heterocycles. The number of thioether (sulfide) groups is 1. The second-order valence-electron chi connectivity index (χ2n) is 6.31. The highest BCUT2D eigenvalue weighted by Crippen LogP contribution is 2.28. The standard InChI is InChI=1S/C20H20Cl2N4O2S/c1-13(14-6-4-3-5-7-14)23-19(27)12-29-20-25-24-18(26(20)2)11-28-17-9-8-15(21)10-16(17)22/h3-10,13H,11-12H2,1-2H3,(H,23,27)/t13-/m0/s1. The molecule has 0 fully saturated rings. The molecule has 6 nitrogen and oxygen atoms in total. The van der Waals surface area contributed by atoms with Crippen molar-refractivity contribution in [1.29, 1.82) is 0 Å². The predicted molar refractivity (Wildman–Crippen MR) is 116 cm³/mol. The Kier molecular flexibility index (Phi) is 7.41. The highest BCUT2D eigenvalue weighted by atomic mass is 35.5. The van der Waals surface area contributed by atoms with E-state index in [1.807, 2.05) is 44.3 Å². The predicted octanol–water partition coefficient (Wildman–Crippen LogP) is 4.67. The second kappa shape index (κ2) is 10.0. The monoisotopic (exact) mass is 450 g/mol. The summed E-state index contributed by atoms with van der Waals surface area (Å²) in [4.78, 5) is 12.3. The van der Waals surface area contributed by atoms with Crippen molar-refractivity contribution in [3.63, 3.8) is 0 Å². The minimum atomic E-state index is -0.0694. The maximum atomic E-state index is 12.3. The number of hydrogen-bond acceptors (Lipinski definition) is 5. The van der Waals surface area contributed by atoms with Crippen molar-refractivity contribution >= 4 is 40.9 Å². The van der Waals surface area contributed by atoms with Crippen LogP contribution in [0.5, 0.6) is 5.75 Å². The summed E-state index contributed by atoms with van der Waals surface area (Å²) in [7, 11) is 1.83. The molecule has 3 aromatic rings. The molecule has 0 aliphatic rings. The first-order valence-corrected chi connectivity index (χ1v) is 10.6. The largest absolute Gasteiger partial charge is 0.484 e. The summed E-state index contributed by atoms with van der Waals surface area (Å²) in [5.41, 5.74) is 1.06. The van der Waals surface area contributed by atoms with Crippen LogP contribution in [0.2, 0.25) is 10.0 Å². The first-order chi connectivity index (χ1) is 13.9. The zero-order valence-corrected chi connectivity index (χ0v) is 18.3. The Morgan fingerprint density at radius 2 is 1.97 bits per heavy atom. The topological polar surface area (TPSA) is 69.0 Å². The number of nitrogens with one attached hydrogen (secondary N) is 1. The minimum absolute atomic E-state index is 0.0584. The van der Waals surface area contributed by atoms with Crippen molar-refractivity contribution in [2.45, 2.75) is 24.7 Å². The molecule has 0 aliphatic heterocycles. The van der Waals surface area contributed by atoms with Gasteiger partial charge in [0.1, 0.15) is 12.4 Å². The number of carbonyl (C=O) groups is 1. The van der Waals surface area contributed by atoms with Crippen LogP contribution in [0.1, 0.15) is 24.4 Å². The molecule has 29 heavy (non-hydrogen) atoms. The van der Waals surface area contributed by atoms with E-state index in [0.717, 1.165) is 5.56 Å². The van der Waals surface area contributed by atoms with E-state index in [1.54, 1.807) is 22.8 Å². The number of rotatable bonds is 8. The zero-order valence-electron chi connectivity index (χ0n) is 15.9. The van der Waals surface area contributed by atoms with Crippen LogP contribution in [0.4, 0.5) is 0 Å². The number of aromatic nitrogens is 3. The second-order valence-corrected chi connectivity index (χ2v) is 8.10. The summed E-state index contributed by atoms with van der Waals surface area (Å²) in [6.07, 6.45) is 0. The van der Waals surface area contributed by atoms with E-state index in [1.165, 1.54) is 11.8 Å². The molecule has 0 spiro atoms. The van der Waals surface area contributed by atoms with Gasteiger partial charge in [0.15, 0.2) is 11.0 Å². The Balaban J connectivity index is 1.52. The number of benzene rings is 2. The number of hydrogen-bond donors (Lipinski definition) is 1. The van der Waals surface area contributed by atoms with Gasteiger partial charge in [-0.05, 0) is 30.7 Å². The lowest BCUT2D eigenvalue weighted by molar-refractivity contribution is -0.119. The summed E-state index contributed by atoms with van der Waals surface area (Å²) < 4.78 is 7.49. The minimum Gasteiger partial charge on any atom is -0.484 e. The average molecular weight is 451 g/mol. The van der Waals surface area contributed by atoms with Crippen molar-refractivity contribution in [3.05, 3.63) is 70.0 Å². The third kappa shape index (κ3) is 5.88. The van der Waals surface area contributed by atoms with Crippen LogP contribution in [0.15, 0.2) is 53.7 Å². The van der Waals surface area contributed by atoms with Crippen molar-refractivity contribution in [1.82, 2.24) is 20.1 Å². The maximum absolute atomic E-state index is 12.3. The molecular weight excluding hydrogens is 431 g/mol. The van der Waals surface area contributed by atoms with Gasteiger partial charge in [-0.25, -0.2) is 0 Å². The van der Waals surface area contributed by atoms with E-state index in [4.69, 9.17) is 27.9 Å². The SMILES string of the molecule is C[C@H](NC(=O)CSc1nnc(COc2ccc(Cl)cc2Cl)n1C)c1ccccc1. The third-order valence-corrected chi connectivity index (χ3v) is 5.74. The Bertz CT molecular complexity index is 982. The molecule has 0 bridgehead atoms. The zero-order chi connectivity index (χ0) is 20.8. The smallest absolute Gasteiger partial charge is 0.230 e. The molecule has 1 N–H and O–H groups in total. The van der Waals surface area contributed by atoms with Crippen LogP contribution in [-0.4, -0.2) is 26.4 Å². The van der Waals surface area contributed by atoms with Gasteiger partial charge in [-0.3, -0.25) is 4.79 Å². The van der Waals surface area contributed by atoms with E-state index >= 15 is 0 Å². The van der Waals surface area contributed by atoms with Crippen LogP contribution in [0.3, 0.4) is 0 Å². The fourth-order valence-electron chi connectivity index (χ4n) is 2.57. The van der Waals surface area contributed by atoms with Gasteiger partial charge in [-0.2, -0.15) is 0 Å². The lowest BCUT2D eigenvalue weighted by atomic mass is 10.1. The number of carbonyl (C=O) groups excluding carboxylic acids is 1. The highest BCUT2D eigenvalue weighted by molar-refractivity contribution is 7.99. The Hall–Kier alpha value is -2.22. The Morgan fingerprint density at radius 1 is 1.21 bits per heavy atom. The molecule has 152 valence electrons. The number of nitrogens with zero attached hydrogens (tertiary/aromatic N) is 3. The molecule has 3 rings (SSSR count). The van der Waals surface area contributed by atoms with Gasteiger partial charge in [-0.15, -0.1) is 10.2 Å². The third-order valence-electron chi connectivity index (χ3n) is 4.19. The van der Waals surface area contributed by atoms with Crippen LogP contribution < -0.4 is 10.1 Å². The molecule has 2 aromatic carbocycles. The summed E-state index contributed by atoms with van der Waals surface area (Å²) in [6.45, 7) is 2.15. The van der Waals surface area contributed by atoms with Crippen molar-refractivity contribution < 1.29 is 9.53 Å². The average Bonchev–Trinajstić information content (AvgIpc) is 3.06. The fraction of sp³-hybridized carbons (Fsp3) is 0.250. The first-order valence-electron chi connectivity index (χ1n) is 8.87. The van der Waals surface area contributed by atoms with Gasteiger partial charge in [0, 0.05) is 12.1 Å². The molecule has 1 atom stereocenters. The summed E-state index contributed by atoms with van der Waals surface area (Å²) in [6, 6.07) is 14.8. The summed E-state index contributed by atoms with van der Waals surface area (Å²) in [5, 5.41) is 12.9. The highest BCUT2D eigenvalue weighted by Gasteiger charge is 2.14. The lowest BCUT2D eigenvalue weighted by Crippen LogP contribution is -2.28. The molecule has 1 amide bonds. The molecule has 0 saturated heterocycles. The molecule has 9 heteroatoms. The molecule has 1 aromatic heterocycles. The fourth-order valence-corrected chi connectivity index (χ4v) is 3.77. The van der Waals surface area contributed by atoms with E-state index in [0.29, 0.717) is 26.8 Å². The molecule has 0 radical (unpaired) electrons. The Labute approximate surface area is 183 Å². The van der Waals surface area contributed by atoms with Gasteiger partial charge in [0.05, 0.1) is 16.8 Å². The van der Waals surface area contributed by atoms with Gasteiger partial charge >= 0.3 is 0 Å². The molecule has 0 saturated carbocycles. The molecular formula is C20H20Cl2N4O2S. The van der Waals surface area contributed by atoms with E-state index in [9.17, 15) is 4.79 Å². The molecule has 0 unspecified atom stereocenters. The number of amides is 1. The van der Waals surface area contributed by atoms with Gasteiger partial charge in [0.2, 0.25) is 5.91 Å². The van der Waals surface area contributed by atoms with Gasteiger partial charge < -0.3 is 14.6 Å². The first kappa shape index (κ1) is 21.5. The van der Waals surface area contributed by atoms with Gasteiger partial charge in [-0.1, -0.05) is 65.3 Å². The van der Waals surface area contributed by atoms with Crippen LogP contribution in [0.25, 0.3) is 0 Å². The normalized spacial score (nSPS) is 11.9. The van der Waals surface area contributed by atoms with Gasteiger partial charge in [0.25, 0.3) is 0 Å². The van der Waals surface area contributed by atoms with Crippen LogP contribution in [0, 0.1) is 0 Å². The van der Waals surface area contributed by atoms with E-state index in [-0.39, 0.29) is 24.3 Å². The Morgan fingerprint density at radius 3 is 2.69 bits per heavy atom. The molecule has 0 aliphatic carbocycles. The quantitative estimate of drug-likeness (QED) is 0.504. The van der Waals surface area contributed by atoms with Crippen molar-refractivity contribution in [2.75, 3.05) is 5.75 Å². The maximum Gasteiger partial charge on any atom is 0.230 e.